The maximum Gasteiger partial charge on any atom is 0.187 e. The number of Topliss-reactive ketones (excluding diaryl/α,β-unsaturated/α-hetero) is 1. The van der Waals surface area contributed by atoms with Crippen LogP contribution in [0.4, 0.5) is 0 Å². The van der Waals surface area contributed by atoms with Gasteiger partial charge in [-0.2, -0.15) is 0 Å². The first kappa shape index (κ1) is 42.9. The minimum atomic E-state index is -1.72. The first-order valence-corrected chi connectivity index (χ1v) is 17.1. The quantitative estimate of drug-likeness (QED) is 0.0544. The summed E-state index contributed by atoms with van der Waals surface area (Å²) in [5, 5.41) is 85.1. The topological polar surface area (TPSA) is 429 Å². The van der Waals surface area contributed by atoms with Crippen LogP contribution < -0.4 is 40.1 Å². The Bertz CT molecular complexity index is 1180. The van der Waals surface area contributed by atoms with E-state index >= 15 is 0 Å². The Morgan fingerprint density at radius 2 is 1.21 bits per heavy atom. The van der Waals surface area contributed by atoms with Crippen molar-refractivity contribution in [2.24, 2.45) is 51.0 Å². The predicted octanol–water partition coefficient (Wildman–Crippen LogP) is -9.62. The second-order valence-electron chi connectivity index (χ2n) is 13.6. The first-order valence-electron chi connectivity index (χ1n) is 17.1. The molecule has 22 N–H and O–H groups in total. The zero-order chi connectivity index (χ0) is 38.6. The molecule has 23 heteroatoms. The molecule has 0 aromatic carbocycles. The van der Waals surface area contributed by atoms with Crippen LogP contribution in [-0.2, 0) is 33.2 Å². The Kier molecular flexibility index (Phi) is 15.4. The third kappa shape index (κ3) is 9.51. The van der Waals surface area contributed by atoms with Crippen molar-refractivity contribution in [3.8, 4) is 0 Å². The number of carbonyl (C=O) groups excluding carboxylic acids is 1. The van der Waals surface area contributed by atoms with Crippen molar-refractivity contribution >= 4 is 11.7 Å². The monoisotopic (exact) mass is 756 g/mol. The molecule has 0 unspecified atom stereocenters. The van der Waals surface area contributed by atoms with Crippen molar-refractivity contribution in [3.63, 3.8) is 0 Å². The summed E-state index contributed by atoms with van der Waals surface area (Å²) in [7, 11) is 0. The summed E-state index contributed by atoms with van der Waals surface area (Å²) in [5.74, 6) is -1.82. The van der Waals surface area contributed by atoms with Gasteiger partial charge >= 0.3 is 0 Å². The van der Waals surface area contributed by atoms with Crippen molar-refractivity contribution in [3.05, 3.63) is 0 Å². The van der Waals surface area contributed by atoms with Gasteiger partial charge in [-0.15, -0.1) is 0 Å². The van der Waals surface area contributed by atoms with Crippen LogP contribution in [0.3, 0.4) is 0 Å². The fourth-order valence-electron chi connectivity index (χ4n) is 6.88. The Balaban J connectivity index is 1.56. The number of guanidine groups is 1. The van der Waals surface area contributed by atoms with Crippen LogP contribution in [0, 0.1) is 5.92 Å². The number of ether oxygens (including phenoxy) is 6. The van der Waals surface area contributed by atoms with Crippen LogP contribution >= 0.6 is 0 Å². The van der Waals surface area contributed by atoms with Gasteiger partial charge in [0.25, 0.3) is 0 Å². The lowest BCUT2D eigenvalue weighted by Gasteiger charge is -2.48. The second-order valence-corrected chi connectivity index (χ2v) is 13.6. The van der Waals surface area contributed by atoms with Crippen LogP contribution in [0.2, 0.25) is 0 Å². The van der Waals surface area contributed by atoms with Crippen molar-refractivity contribution < 1.29 is 74.1 Å². The molecule has 0 aromatic heterocycles. The van der Waals surface area contributed by atoms with Gasteiger partial charge in [0.05, 0.1) is 24.8 Å². The first-order chi connectivity index (χ1) is 24.5. The molecule has 1 saturated carbocycles. The van der Waals surface area contributed by atoms with Gasteiger partial charge < -0.3 is 109 Å². The summed E-state index contributed by atoms with van der Waals surface area (Å²) >= 11 is 0. The second kappa shape index (κ2) is 18.7. The van der Waals surface area contributed by atoms with Gasteiger partial charge in [-0.05, 0) is 12.3 Å². The SMILES string of the molecule is NC[C@@H]1O[C@H](O[C@H]2[C@@H](O)[C@H](O[C@@H]3[C@@H](O)[C@H](CC(=O)[C@@H](O)CCN=C(N)N)C[C@H](N)[C@H]3O[C@H]3O[C@H](CN)[C@@H](O)[C@H](O)[C@H]3N)O[C@@H]2CO)[C@H](N)[C@@H](O)[C@@H]1O. The van der Waals surface area contributed by atoms with E-state index in [0.717, 1.165) is 0 Å². The van der Waals surface area contributed by atoms with Gasteiger partial charge in [0, 0.05) is 38.5 Å². The number of aliphatic imine (C=N–C) groups is 1. The highest BCUT2D eigenvalue weighted by Gasteiger charge is 2.55. The molecular formula is C29H56N8O15. The van der Waals surface area contributed by atoms with E-state index < -0.39 is 135 Å². The Hall–Kier alpha value is -1.82. The molecule has 0 aromatic rings. The number of aliphatic hydroxyl groups excluding tert-OH is 8. The number of hydrogen-bond acceptors (Lipinski definition) is 21. The molecule has 0 spiro atoms. The lowest BCUT2D eigenvalue weighted by Crippen LogP contribution is -2.67. The van der Waals surface area contributed by atoms with E-state index in [2.05, 4.69) is 4.99 Å². The van der Waals surface area contributed by atoms with E-state index in [1.165, 1.54) is 0 Å². The summed E-state index contributed by atoms with van der Waals surface area (Å²) in [5.41, 5.74) is 40.6. The zero-order valence-electron chi connectivity index (χ0n) is 28.4. The Labute approximate surface area is 298 Å². The van der Waals surface area contributed by atoms with Crippen LogP contribution in [0.5, 0.6) is 0 Å². The van der Waals surface area contributed by atoms with Crippen molar-refractivity contribution in [2.45, 2.75) is 136 Å². The highest BCUT2D eigenvalue weighted by atomic mass is 16.8. The lowest BCUT2D eigenvalue weighted by molar-refractivity contribution is -0.309. The van der Waals surface area contributed by atoms with Gasteiger partial charge in [0.2, 0.25) is 0 Å². The maximum atomic E-state index is 13.0. The number of carbonyl (C=O) groups is 1. The molecule has 20 atom stereocenters. The lowest BCUT2D eigenvalue weighted by atomic mass is 9.76. The average molecular weight is 757 g/mol. The van der Waals surface area contributed by atoms with E-state index in [1.807, 2.05) is 0 Å². The molecule has 3 heterocycles. The number of nitrogens with zero attached hydrogens (tertiary/aromatic N) is 1. The van der Waals surface area contributed by atoms with Crippen molar-refractivity contribution in [1.82, 2.24) is 0 Å². The molecule has 23 nitrogen and oxygen atoms in total. The Morgan fingerprint density at radius 3 is 1.71 bits per heavy atom. The number of hydrogen-bond donors (Lipinski definition) is 15. The molecule has 4 rings (SSSR count). The molecule has 1 aliphatic carbocycles. The van der Waals surface area contributed by atoms with Crippen LogP contribution in [-0.4, -0.2) is 195 Å². The summed E-state index contributed by atoms with van der Waals surface area (Å²) in [6.45, 7) is -1.19. The largest absolute Gasteiger partial charge is 0.394 e. The smallest absolute Gasteiger partial charge is 0.187 e. The van der Waals surface area contributed by atoms with E-state index in [-0.39, 0.29) is 44.9 Å². The number of nitrogens with two attached hydrogens (primary N) is 7. The molecule has 4 aliphatic rings. The third-order valence-corrected chi connectivity index (χ3v) is 9.98. The van der Waals surface area contributed by atoms with E-state index in [1.54, 1.807) is 0 Å². The molecule has 0 bridgehead atoms. The van der Waals surface area contributed by atoms with Gasteiger partial charge in [0.1, 0.15) is 73.2 Å². The number of ketones is 1. The molecule has 0 amide bonds. The zero-order valence-corrected chi connectivity index (χ0v) is 28.4. The minimum absolute atomic E-state index is 0.0367. The summed E-state index contributed by atoms with van der Waals surface area (Å²) in [4.78, 5) is 16.7. The molecular weight excluding hydrogens is 700 g/mol. The van der Waals surface area contributed by atoms with E-state index in [0.29, 0.717) is 0 Å². The molecule has 3 aliphatic heterocycles. The van der Waals surface area contributed by atoms with Crippen LogP contribution in [0.25, 0.3) is 0 Å². The summed E-state index contributed by atoms with van der Waals surface area (Å²) in [6.07, 6.45) is -23.5. The third-order valence-electron chi connectivity index (χ3n) is 9.98. The van der Waals surface area contributed by atoms with E-state index in [4.69, 9.17) is 68.6 Å². The Morgan fingerprint density at radius 1 is 0.712 bits per heavy atom. The van der Waals surface area contributed by atoms with E-state index in [9.17, 15) is 45.6 Å². The van der Waals surface area contributed by atoms with Crippen LogP contribution in [0.15, 0.2) is 4.99 Å². The number of rotatable bonds is 15. The minimum Gasteiger partial charge on any atom is -0.394 e. The highest BCUT2D eigenvalue weighted by molar-refractivity contribution is 5.83. The molecule has 3 saturated heterocycles. The van der Waals surface area contributed by atoms with Gasteiger partial charge in [-0.3, -0.25) is 9.79 Å². The maximum absolute atomic E-state index is 13.0. The van der Waals surface area contributed by atoms with Crippen molar-refractivity contribution in [2.75, 3.05) is 26.2 Å². The summed E-state index contributed by atoms with van der Waals surface area (Å²) in [6, 6.07) is -3.66. The normalized spacial score (nSPS) is 46.1. The molecule has 302 valence electrons. The summed E-state index contributed by atoms with van der Waals surface area (Å²) < 4.78 is 35.2. The average Bonchev–Trinajstić information content (AvgIpc) is 3.41. The molecule has 0 radical (unpaired) electrons. The fourth-order valence-corrected chi connectivity index (χ4v) is 6.88. The molecule has 4 fully saturated rings. The number of aliphatic hydroxyl groups is 8. The van der Waals surface area contributed by atoms with Gasteiger partial charge in [-0.25, -0.2) is 0 Å². The fraction of sp³-hybridized carbons (Fsp3) is 0.931. The van der Waals surface area contributed by atoms with Gasteiger partial charge in [-0.1, -0.05) is 0 Å². The van der Waals surface area contributed by atoms with Gasteiger partial charge in [0.15, 0.2) is 30.6 Å². The van der Waals surface area contributed by atoms with Crippen LogP contribution in [0.1, 0.15) is 19.3 Å². The standard InChI is InChI=1S/C29H56N8O15/c30-5-12-18(42)20(44)15(33)26(47-12)50-23-9(32)3-8(4-11(40)10(39)1-2-37-29(35)36)17(41)25(23)52-28-22(46)24(14(7-38)49-28)51-27-16(34)21(45)19(43)13(6-31)48-27/h8-10,12-28,38-39,41-46H,1-7,30-34H2,(H4,35,36,37)/t8-,9-,10-,12+,13-,14+,15+,16+,17-,18+,19+,20+,21+,22+,23+,24+,25+,26+,27+,28-/m0/s1. The molecule has 52 heavy (non-hydrogen) atoms. The highest BCUT2D eigenvalue weighted by Crippen LogP contribution is 2.37. The predicted molar refractivity (Wildman–Crippen MR) is 175 cm³/mol. The van der Waals surface area contributed by atoms with Crippen molar-refractivity contribution in [1.29, 1.82) is 0 Å².